The molecular weight excluding hydrogens is 248 g/mol. The van der Waals surface area contributed by atoms with Crippen molar-refractivity contribution in [2.24, 2.45) is 0 Å². The molecule has 0 unspecified atom stereocenters. The molecule has 0 fully saturated rings. The molecule has 1 rings (SSSR count). The van der Waals surface area contributed by atoms with Crippen LogP contribution in [0.25, 0.3) is 0 Å². The van der Waals surface area contributed by atoms with Gasteiger partial charge in [-0.2, -0.15) is 0 Å². The Kier molecular flexibility index (Phi) is 8.93. The Bertz CT molecular complexity index is 330. The molecule has 0 spiro atoms. The van der Waals surface area contributed by atoms with Crippen LogP contribution < -0.4 is 9.47 Å². The van der Waals surface area contributed by atoms with Gasteiger partial charge in [-0.05, 0) is 43.9 Å². The second kappa shape index (κ2) is 10.6. The molecule has 0 aliphatic heterocycles. The number of rotatable bonds is 11. The fourth-order valence-electron chi connectivity index (χ4n) is 2.03. The van der Waals surface area contributed by atoms with Crippen LogP contribution in [0.15, 0.2) is 18.2 Å². The number of ether oxygens (including phenoxy) is 2. The van der Waals surface area contributed by atoms with Gasteiger partial charge in [0.15, 0.2) is 0 Å². The van der Waals surface area contributed by atoms with E-state index in [0.717, 1.165) is 44.0 Å². The van der Waals surface area contributed by atoms with E-state index < -0.39 is 0 Å². The SMILES string of the molecule is [CH2]Cc1cc(OCCCCC)cc(OCCCCC)c1. The number of hydrogen-bond acceptors (Lipinski definition) is 2. The van der Waals surface area contributed by atoms with Crippen LogP contribution in [0.2, 0.25) is 0 Å². The van der Waals surface area contributed by atoms with Crippen molar-refractivity contribution < 1.29 is 9.47 Å². The summed E-state index contributed by atoms with van der Waals surface area (Å²) in [5.74, 6) is 1.82. The molecule has 0 saturated carbocycles. The van der Waals surface area contributed by atoms with Gasteiger partial charge in [-0.15, -0.1) is 0 Å². The van der Waals surface area contributed by atoms with Crippen molar-refractivity contribution in [1.29, 1.82) is 0 Å². The van der Waals surface area contributed by atoms with Crippen LogP contribution in [-0.2, 0) is 6.42 Å². The summed E-state index contributed by atoms with van der Waals surface area (Å²) in [4.78, 5) is 0. The first kappa shape index (κ1) is 16.9. The predicted octanol–water partition coefficient (Wildman–Crippen LogP) is 5.20. The lowest BCUT2D eigenvalue weighted by molar-refractivity contribution is 0.291. The highest BCUT2D eigenvalue weighted by Gasteiger charge is 2.02. The van der Waals surface area contributed by atoms with Crippen molar-refractivity contribution in [2.75, 3.05) is 13.2 Å². The van der Waals surface area contributed by atoms with E-state index in [-0.39, 0.29) is 0 Å². The highest BCUT2D eigenvalue weighted by Crippen LogP contribution is 2.24. The average Bonchev–Trinajstić information content (AvgIpc) is 2.48. The molecule has 0 saturated heterocycles. The summed E-state index contributed by atoms with van der Waals surface area (Å²) in [6.07, 6.45) is 7.85. The molecule has 0 aliphatic carbocycles. The first-order valence-electron chi connectivity index (χ1n) is 7.99. The lowest BCUT2D eigenvalue weighted by Crippen LogP contribution is -2.01. The quantitative estimate of drug-likeness (QED) is 0.517. The summed E-state index contributed by atoms with van der Waals surface area (Å²) < 4.78 is 11.6. The van der Waals surface area contributed by atoms with E-state index in [1.807, 2.05) is 6.07 Å². The van der Waals surface area contributed by atoms with Gasteiger partial charge in [-0.3, -0.25) is 0 Å². The lowest BCUT2D eigenvalue weighted by Gasteiger charge is -2.11. The minimum absolute atomic E-state index is 0.761. The zero-order chi connectivity index (χ0) is 14.6. The van der Waals surface area contributed by atoms with Crippen molar-refractivity contribution >= 4 is 0 Å². The molecule has 1 radical (unpaired) electrons. The fourth-order valence-corrected chi connectivity index (χ4v) is 2.03. The number of benzene rings is 1. The van der Waals surface area contributed by atoms with E-state index in [4.69, 9.17) is 9.47 Å². The summed E-state index contributed by atoms with van der Waals surface area (Å²) in [6.45, 7) is 9.91. The van der Waals surface area contributed by atoms with Gasteiger partial charge in [0.1, 0.15) is 11.5 Å². The Labute approximate surface area is 124 Å². The number of hydrogen-bond donors (Lipinski definition) is 0. The maximum Gasteiger partial charge on any atom is 0.123 e. The highest BCUT2D eigenvalue weighted by molar-refractivity contribution is 5.38. The predicted molar refractivity (Wildman–Crippen MR) is 85.5 cm³/mol. The monoisotopic (exact) mass is 277 g/mol. The molecule has 0 heterocycles. The summed E-state index contributed by atoms with van der Waals surface area (Å²) in [7, 11) is 0. The largest absolute Gasteiger partial charge is 0.493 e. The Morgan fingerprint density at radius 3 is 1.70 bits per heavy atom. The van der Waals surface area contributed by atoms with Crippen LogP contribution in [0.5, 0.6) is 11.5 Å². The van der Waals surface area contributed by atoms with E-state index in [9.17, 15) is 0 Å². The van der Waals surface area contributed by atoms with E-state index in [2.05, 4.69) is 32.9 Å². The topological polar surface area (TPSA) is 18.5 Å². The minimum Gasteiger partial charge on any atom is -0.493 e. The van der Waals surface area contributed by atoms with Crippen molar-refractivity contribution in [2.45, 2.75) is 58.8 Å². The molecule has 2 nitrogen and oxygen atoms in total. The van der Waals surface area contributed by atoms with E-state index in [0.29, 0.717) is 0 Å². The van der Waals surface area contributed by atoms with Crippen molar-refractivity contribution in [1.82, 2.24) is 0 Å². The standard InChI is InChI=1S/C18H29O2/c1-4-7-9-11-19-17-13-16(6-3)14-18(15-17)20-12-10-8-5-2/h13-15H,3-12H2,1-2H3. The third-order valence-electron chi connectivity index (χ3n) is 3.26. The first-order valence-corrected chi connectivity index (χ1v) is 7.99. The normalized spacial score (nSPS) is 10.6. The van der Waals surface area contributed by atoms with Crippen molar-refractivity contribution in [3.05, 3.63) is 30.7 Å². The maximum absolute atomic E-state index is 5.81. The number of unbranched alkanes of at least 4 members (excludes halogenated alkanes) is 4. The molecule has 1 aromatic rings. The minimum atomic E-state index is 0.761. The van der Waals surface area contributed by atoms with Crippen molar-refractivity contribution in [3.63, 3.8) is 0 Å². The first-order chi connectivity index (χ1) is 9.80. The Hall–Kier alpha value is -1.18. The van der Waals surface area contributed by atoms with Gasteiger partial charge in [0.25, 0.3) is 0 Å². The third-order valence-corrected chi connectivity index (χ3v) is 3.26. The summed E-state index contributed by atoms with van der Waals surface area (Å²) in [6, 6.07) is 6.13. The summed E-state index contributed by atoms with van der Waals surface area (Å²) in [5, 5.41) is 0. The molecule has 2 heteroatoms. The van der Waals surface area contributed by atoms with Crippen LogP contribution in [0, 0.1) is 6.92 Å². The third kappa shape index (κ3) is 6.83. The molecule has 1 aromatic carbocycles. The molecule has 0 N–H and O–H groups in total. The Balaban J connectivity index is 2.51. The fraction of sp³-hybridized carbons (Fsp3) is 0.611. The van der Waals surface area contributed by atoms with Gasteiger partial charge in [0.2, 0.25) is 0 Å². The van der Waals surface area contributed by atoms with Crippen LogP contribution >= 0.6 is 0 Å². The van der Waals surface area contributed by atoms with Gasteiger partial charge in [-0.1, -0.05) is 39.5 Å². The van der Waals surface area contributed by atoms with E-state index in [1.165, 1.54) is 31.2 Å². The lowest BCUT2D eigenvalue weighted by atomic mass is 10.1. The van der Waals surface area contributed by atoms with E-state index >= 15 is 0 Å². The molecule has 0 amide bonds. The Morgan fingerprint density at radius 1 is 0.800 bits per heavy atom. The maximum atomic E-state index is 5.81. The summed E-state index contributed by atoms with van der Waals surface area (Å²) in [5.41, 5.74) is 1.17. The van der Waals surface area contributed by atoms with Gasteiger partial charge < -0.3 is 9.47 Å². The molecule has 0 atom stereocenters. The molecule has 0 aromatic heterocycles. The van der Waals surface area contributed by atoms with Gasteiger partial charge in [-0.25, -0.2) is 0 Å². The molecule has 20 heavy (non-hydrogen) atoms. The van der Waals surface area contributed by atoms with Gasteiger partial charge in [0, 0.05) is 6.07 Å². The van der Waals surface area contributed by atoms with Crippen LogP contribution in [-0.4, -0.2) is 13.2 Å². The molecule has 0 aliphatic rings. The average molecular weight is 277 g/mol. The van der Waals surface area contributed by atoms with Gasteiger partial charge in [0.05, 0.1) is 13.2 Å². The van der Waals surface area contributed by atoms with Crippen molar-refractivity contribution in [3.8, 4) is 11.5 Å². The smallest absolute Gasteiger partial charge is 0.123 e. The zero-order valence-corrected chi connectivity index (χ0v) is 13.1. The Morgan fingerprint density at radius 2 is 1.30 bits per heavy atom. The van der Waals surface area contributed by atoms with E-state index in [1.54, 1.807) is 0 Å². The zero-order valence-electron chi connectivity index (χ0n) is 13.1. The van der Waals surface area contributed by atoms with Crippen LogP contribution in [0.3, 0.4) is 0 Å². The molecular formula is C18H29O2. The van der Waals surface area contributed by atoms with Crippen LogP contribution in [0.4, 0.5) is 0 Å². The molecule has 113 valence electrons. The van der Waals surface area contributed by atoms with Gasteiger partial charge >= 0.3 is 0 Å². The molecule has 0 bridgehead atoms. The second-order valence-corrected chi connectivity index (χ2v) is 5.17. The highest BCUT2D eigenvalue weighted by atomic mass is 16.5. The second-order valence-electron chi connectivity index (χ2n) is 5.17. The van der Waals surface area contributed by atoms with Crippen LogP contribution in [0.1, 0.15) is 57.9 Å². The summed E-state index contributed by atoms with van der Waals surface area (Å²) >= 11 is 0.